The van der Waals surface area contributed by atoms with Crippen LogP contribution in [0.5, 0.6) is 0 Å². The second kappa shape index (κ2) is 7.95. The smallest absolute Gasteiger partial charge is 0.317 e. The van der Waals surface area contributed by atoms with Crippen LogP contribution in [0.15, 0.2) is 18.2 Å². The number of aromatic nitrogens is 2. The number of rotatable bonds is 4. The summed E-state index contributed by atoms with van der Waals surface area (Å²) in [6.07, 6.45) is 3.84. The van der Waals surface area contributed by atoms with Crippen LogP contribution >= 0.6 is 11.6 Å². The minimum Gasteiger partial charge on any atom is -0.383 e. The summed E-state index contributed by atoms with van der Waals surface area (Å²) in [5.41, 5.74) is 7.69. The Morgan fingerprint density at radius 2 is 2.00 bits per heavy atom. The van der Waals surface area contributed by atoms with Gasteiger partial charge in [0.25, 0.3) is 5.91 Å². The maximum absolute atomic E-state index is 13.5. The molecule has 1 aromatic carbocycles. The molecule has 3 amide bonds. The average molecular weight is 461 g/mol. The molecule has 0 radical (unpaired) electrons. The Morgan fingerprint density at radius 1 is 1.28 bits per heavy atom. The van der Waals surface area contributed by atoms with Crippen molar-refractivity contribution in [2.75, 3.05) is 24.1 Å². The average Bonchev–Trinajstić information content (AvgIpc) is 3.48. The van der Waals surface area contributed by atoms with E-state index in [2.05, 4.69) is 15.7 Å². The molecule has 2 unspecified atom stereocenters. The van der Waals surface area contributed by atoms with Crippen LogP contribution in [0.1, 0.15) is 47.7 Å². The molecule has 5 rings (SSSR count). The highest BCUT2D eigenvalue weighted by atomic mass is 35.5. The van der Waals surface area contributed by atoms with E-state index in [1.165, 1.54) is 22.9 Å². The van der Waals surface area contributed by atoms with Crippen LogP contribution < -0.4 is 16.4 Å². The van der Waals surface area contributed by atoms with Crippen LogP contribution in [0.4, 0.5) is 20.7 Å². The summed E-state index contributed by atoms with van der Waals surface area (Å²) in [7, 11) is 1.72. The Balaban J connectivity index is 1.32. The Hall–Kier alpha value is -2.81. The first-order valence-corrected chi connectivity index (χ1v) is 11.3. The lowest BCUT2D eigenvalue weighted by Gasteiger charge is -2.24. The Kier molecular flexibility index (Phi) is 5.23. The first-order valence-electron chi connectivity index (χ1n) is 10.9. The topological polar surface area (TPSA) is 105 Å². The summed E-state index contributed by atoms with van der Waals surface area (Å²) < 4.78 is 15.0. The number of aryl methyl sites for hydroxylation is 1. The molecule has 1 aromatic heterocycles. The fourth-order valence-electron chi connectivity index (χ4n) is 5.74. The molecular formula is C22H26ClFN6O2. The molecule has 2 aromatic rings. The van der Waals surface area contributed by atoms with E-state index in [1.807, 2.05) is 4.90 Å². The van der Waals surface area contributed by atoms with Gasteiger partial charge in [0.15, 0.2) is 0 Å². The number of hydrogen-bond donors (Lipinski definition) is 3. The van der Waals surface area contributed by atoms with Gasteiger partial charge < -0.3 is 21.3 Å². The number of anilines is 2. The maximum atomic E-state index is 13.5. The third-order valence-electron chi connectivity index (χ3n) is 7.23. The van der Waals surface area contributed by atoms with Gasteiger partial charge in [-0.15, -0.1) is 0 Å². The van der Waals surface area contributed by atoms with Gasteiger partial charge in [0.05, 0.1) is 10.7 Å². The number of nitrogen functional groups attached to an aromatic ring is 1. The van der Waals surface area contributed by atoms with Gasteiger partial charge in [-0.05, 0) is 55.7 Å². The van der Waals surface area contributed by atoms with E-state index >= 15 is 0 Å². The third kappa shape index (κ3) is 3.58. The zero-order valence-electron chi connectivity index (χ0n) is 17.8. The molecule has 1 saturated heterocycles. The first-order chi connectivity index (χ1) is 15.3. The van der Waals surface area contributed by atoms with Gasteiger partial charge in [-0.2, -0.15) is 5.10 Å². The fourth-order valence-corrected chi connectivity index (χ4v) is 5.92. The quantitative estimate of drug-likeness (QED) is 0.650. The van der Waals surface area contributed by atoms with E-state index in [1.54, 1.807) is 7.05 Å². The lowest BCUT2D eigenvalue weighted by molar-refractivity contribution is 0.102. The van der Waals surface area contributed by atoms with Gasteiger partial charge in [-0.3, -0.25) is 9.48 Å². The number of nitrogens with one attached hydrogen (secondary N) is 2. The lowest BCUT2D eigenvalue weighted by Crippen LogP contribution is -2.36. The maximum Gasteiger partial charge on any atom is 0.317 e. The molecule has 32 heavy (non-hydrogen) atoms. The highest BCUT2D eigenvalue weighted by Crippen LogP contribution is 2.52. The number of benzene rings is 1. The van der Waals surface area contributed by atoms with E-state index in [0.717, 1.165) is 38.8 Å². The number of nitrogens with zero attached hydrogens (tertiary/aromatic N) is 3. The standard InChI is InChI=1S/C22H26ClFN6O2/c1-29-20(25)18(21(31)27-14-2-3-17(24)16(23)10-14)19(28-29)13-6-11-8-15(9-12(11)7-13)30-5-4-26-22(30)32/h2-3,10-13,15H,4-9,25H2,1H3,(H,26,32)(H,27,31). The van der Waals surface area contributed by atoms with E-state index < -0.39 is 5.82 Å². The highest BCUT2D eigenvalue weighted by Gasteiger charge is 2.46. The predicted molar refractivity (Wildman–Crippen MR) is 119 cm³/mol. The molecule has 8 nitrogen and oxygen atoms in total. The number of halogens is 2. The number of nitrogens with two attached hydrogens (primary N) is 1. The summed E-state index contributed by atoms with van der Waals surface area (Å²) in [6, 6.07) is 4.38. The molecule has 170 valence electrons. The molecule has 2 heterocycles. The molecule has 2 atom stereocenters. The number of carbonyl (C=O) groups is 2. The van der Waals surface area contributed by atoms with Crippen LogP contribution in [0.2, 0.25) is 5.02 Å². The van der Waals surface area contributed by atoms with Crippen molar-refractivity contribution in [3.05, 3.63) is 40.3 Å². The van der Waals surface area contributed by atoms with Gasteiger partial charge in [-0.1, -0.05) is 11.6 Å². The second-order valence-corrected chi connectivity index (χ2v) is 9.50. The fraction of sp³-hybridized carbons (Fsp3) is 0.500. The zero-order valence-corrected chi connectivity index (χ0v) is 18.5. The molecule has 3 fully saturated rings. The first kappa shape index (κ1) is 21.1. The van der Waals surface area contributed by atoms with Crippen molar-refractivity contribution < 1.29 is 14.0 Å². The SMILES string of the molecule is Cn1nc(C2CC3CC(N4CCNC4=O)CC3C2)c(C(=O)Nc2ccc(F)c(Cl)c2)c1N. The molecule has 10 heteroatoms. The zero-order chi connectivity index (χ0) is 22.6. The van der Waals surface area contributed by atoms with Crippen molar-refractivity contribution in [3.63, 3.8) is 0 Å². The van der Waals surface area contributed by atoms with Crippen molar-refractivity contribution in [2.45, 2.75) is 37.6 Å². The van der Waals surface area contributed by atoms with Crippen LogP contribution in [0.25, 0.3) is 0 Å². The summed E-state index contributed by atoms with van der Waals surface area (Å²) in [6.45, 7) is 1.50. The molecule has 0 bridgehead atoms. The monoisotopic (exact) mass is 460 g/mol. The summed E-state index contributed by atoms with van der Waals surface area (Å²) in [5, 5.41) is 10.2. The number of carbonyl (C=O) groups excluding carboxylic acids is 2. The van der Waals surface area contributed by atoms with E-state index in [9.17, 15) is 14.0 Å². The molecule has 2 aliphatic carbocycles. The molecule has 3 aliphatic rings. The minimum atomic E-state index is -0.548. The number of hydrogen-bond acceptors (Lipinski definition) is 4. The Morgan fingerprint density at radius 3 is 2.62 bits per heavy atom. The van der Waals surface area contributed by atoms with Crippen molar-refractivity contribution in [2.24, 2.45) is 18.9 Å². The van der Waals surface area contributed by atoms with Gasteiger partial charge in [0, 0.05) is 37.8 Å². The molecule has 1 aliphatic heterocycles. The van der Waals surface area contributed by atoms with Gasteiger partial charge in [0.2, 0.25) is 0 Å². The van der Waals surface area contributed by atoms with E-state index in [0.29, 0.717) is 40.6 Å². The van der Waals surface area contributed by atoms with Crippen LogP contribution in [-0.4, -0.2) is 45.8 Å². The van der Waals surface area contributed by atoms with E-state index in [4.69, 9.17) is 17.3 Å². The summed E-state index contributed by atoms with van der Waals surface area (Å²) >= 11 is 5.84. The van der Waals surface area contributed by atoms with Crippen molar-refractivity contribution >= 4 is 35.0 Å². The number of amides is 3. The van der Waals surface area contributed by atoms with Crippen LogP contribution in [-0.2, 0) is 7.05 Å². The van der Waals surface area contributed by atoms with Gasteiger partial charge in [0.1, 0.15) is 17.2 Å². The highest BCUT2D eigenvalue weighted by molar-refractivity contribution is 6.31. The predicted octanol–water partition coefficient (Wildman–Crippen LogP) is 3.34. The van der Waals surface area contributed by atoms with Crippen LogP contribution in [0.3, 0.4) is 0 Å². The summed E-state index contributed by atoms with van der Waals surface area (Å²) in [5.74, 6) is 0.529. The molecule has 4 N–H and O–H groups in total. The van der Waals surface area contributed by atoms with Crippen molar-refractivity contribution in [3.8, 4) is 0 Å². The van der Waals surface area contributed by atoms with Crippen molar-refractivity contribution in [1.82, 2.24) is 20.0 Å². The molecule has 0 spiro atoms. The summed E-state index contributed by atoms with van der Waals surface area (Å²) in [4.78, 5) is 27.1. The lowest BCUT2D eigenvalue weighted by atomic mass is 9.95. The number of urea groups is 1. The largest absolute Gasteiger partial charge is 0.383 e. The number of fused-ring (bicyclic) bond motifs is 1. The van der Waals surface area contributed by atoms with Crippen LogP contribution in [0, 0.1) is 17.7 Å². The Labute approximate surface area is 190 Å². The third-order valence-corrected chi connectivity index (χ3v) is 7.52. The van der Waals surface area contributed by atoms with Gasteiger partial charge >= 0.3 is 6.03 Å². The van der Waals surface area contributed by atoms with Gasteiger partial charge in [-0.25, -0.2) is 9.18 Å². The second-order valence-electron chi connectivity index (χ2n) is 9.09. The van der Waals surface area contributed by atoms with Crippen molar-refractivity contribution in [1.29, 1.82) is 0 Å². The molecule has 2 saturated carbocycles. The minimum absolute atomic E-state index is 0.0453. The normalized spacial score (nSPS) is 27.0. The van der Waals surface area contributed by atoms with E-state index in [-0.39, 0.29) is 22.9 Å². The molecular weight excluding hydrogens is 435 g/mol. The Bertz CT molecular complexity index is 1070.